The van der Waals surface area contributed by atoms with Gasteiger partial charge in [-0.15, -0.1) is 0 Å². The minimum absolute atomic E-state index is 0.664. The lowest BCUT2D eigenvalue weighted by molar-refractivity contribution is 0.404. The Morgan fingerprint density at radius 3 is 2.50 bits per heavy atom. The van der Waals surface area contributed by atoms with Gasteiger partial charge in [0, 0.05) is 17.3 Å². The van der Waals surface area contributed by atoms with Crippen LogP contribution in [0.15, 0.2) is 30.5 Å². The molecule has 1 aromatic carbocycles. The van der Waals surface area contributed by atoms with Gasteiger partial charge in [-0.2, -0.15) is 0 Å². The van der Waals surface area contributed by atoms with Crippen LogP contribution in [0.4, 0.5) is 5.69 Å². The van der Waals surface area contributed by atoms with E-state index in [1.165, 1.54) is 0 Å². The molecule has 0 radical (unpaired) electrons. The molecule has 4 heteroatoms. The molecule has 0 aliphatic rings. The molecule has 1 heterocycles. The summed E-state index contributed by atoms with van der Waals surface area (Å²) in [4.78, 5) is 4.26. The van der Waals surface area contributed by atoms with Crippen LogP contribution in [0.3, 0.4) is 0 Å². The first kappa shape index (κ1) is 12.2. The number of methoxy groups -OCH3 is 2. The summed E-state index contributed by atoms with van der Waals surface area (Å²) in [5, 5.41) is 0. The Morgan fingerprint density at radius 1 is 1.11 bits per heavy atom. The summed E-state index contributed by atoms with van der Waals surface area (Å²) in [6, 6.07) is 7.52. The van der Waals surface area contributed by atoms with Crippen molar-refractivity contribution in [2.45, 2.75) is 6.92 Å². The highest BCUT2D eigenvalue weighted by Crippen LogP contribution is 2.34. The van der Waals surface area contributed by atoms with Crippen LogP contribution in [0.1, 0.15) is 5.69 Å². The van der Waals surface area contributed by atoms with Crippen molar-refractivity contribution in [3.8, 4) is 22.6 Å². The first-order valence-corrected chi connectivity index (χ1v) is 5.60. The third-order valence-corrected chi connectivity index (χ3v) is 2.84. The van der Waals surface area contributed by atoms with E-state index in [9.17, 15) is 0 Å². The molecule has 2 aromatic rings. The number of anilines is 1. The van der Waals surface area contributed by atoms with E-state index >= 15 is 0 Å². The fourth-order valence-corrected chi connectivity index (χ4v) is 1.74. The smallest absolute Gasteiger partial charge is 0.127 e. The van der Waals surface area contributed by atoms with E-state index in [0.29, 0.717) is 5.69 Å². The largest absolute Gasteiger partial charge is 0.497 e. The summed E-state index contributed by atoms with van der Waals surface area (Å²) < 4.78 is 10.6. The zero-order valence-corrected chi connectivity index (χ0v) is 10.7. The van der Waals surface area contributed by atoms with Gasteiger partial charge in [0.25, 0.3) is 0 Å². The topological polar surface area (TPSA) is 57.4 Å². The fraction of sp³-hybridized carbons (Fsp3) is 0.214. The molecule has 0 amide bonds. The second-order valence-electron chi connectivity index (χ2n) is 3.96. The number of hydrogen-bond acceptors (Lipinski definition) is 4. The van der Waals surface area contributed by atoms with Gasteiger partial charge in [-0.25, -0.2) is 0 Å². The quantitative estimate of drug-likeness (QED) is 0.901. The summed E-state index contributed by atoms with van der Waals surface area (Å²) in [6.45, 7) is 1.88. The van der Waals surface area contributed by atoms with E-state index in [-0.39, 0.29) is 0 Å². The molecular weight excluding hydrogens is 228 g/mol. The monoisotopic (exact) mass is 244 g/mol. The molecule has 0 bridgehead atoms. The van der Waals surface area contributed by atoms with Gasteiger partial charge < -0.3 is 15.2 Å². The average molecular weight is 244 g/mol. The first-order chi connectivity index (χ1) is 8.65. The van der Waals surface area contributed by atoms with Crippen molar-refractivity contribution < 1.29 is 9.47 Å². The van der Waals surface area contributed by atoms with Crippen molar-refractivity contribution in [2.24, 2.45) is 0 Å². The van der Waals surface area contributed by atoms with E-state index in [0.717, 1.165) is 28.3 Å². The van der Waals surface area contributed by atoms with Crippen LogP contribution >= 0.6 is 0 Å². The molecule has 0 aliphatic carbocycles. The van der Waals surface area contributed by atoms with Crippen molar-refractivity contribution in [1.82, 2.24) is 4.98 Å². The number of nitrogens with two attached hydrogens (primary N) is 1. The number of pyridine rings is 1. The number of nitrogen functional groups attached to an aromatic ring is 1. The molecule has 0 fully saturated rings. The molecule has 0 atom stereocenters. The van der Waals surface area contributed by atoms with Crippen molar-refractivity contribution in [1.29, 1.82) is 0 Å². The Kier molecular flexibility index (Phi) is 3.37. The van der Waals surface area contributed by atoms with E-state index < -0.39 is 0 Å². The Bertz CT molecular complexity index is 568. The molecule has 4 nitrogen and oxygen atoms in total. The zero-order chi connectivity index (χ0) is 13.1. The van der Waals surface area contributed by atoms with Crippen LogP contribution < -0.4 is 15.2 Å². The predicted molar refractivity (Wildman–Crippen MR) is 71.9 cm³/mol. The average Bonchev–Trinajstić information content (AvgIpc) is 2.41. The Labute approximate surface area is 106 Å². The lowest BCUT2D eigenvalue weighted by atomic mass is 10.1. The molecule has 0 unspecified atom stereocenters. The molecule has 0 spiro atoms. The second-order valence-corrected chi connectivity index (χ2v) is 3.96. The van der Waals surface area contributed by atoms with Gasteiger partial charge in [-0.3, -0.25) is 4.98 Å². The number of nitrogens with zero attached hydrogens (tertiary/aromatic N) is 1. The number of aromatic nitrogens is 1. The Hall–Kier alpha value is -2.23. The summed E-state index contributed by atoms with van der Waals surface area (Å²) >= 11 is 0. The van der Waals surface area contributed by atoms with Gasteiger partial charge in [-0.1, -0.05) is 0 Å². The summed E-state index contributed by atoms with van der Waals surface area (Å²) in [5.41, 5.74) is 9.19. The SMILES string of the molecule is COc1ccc(OC)c(-c2cnc(C)c(N)c2)c1. The van der Waals surface area contributed by atoms with Crippen LogP contribution in [-0.2, 0) is 0 Å². The van der Waals surface area contributed by atoms with E-state index in [2.05, 4.69) is 4.98 Å². The van der Waals surface area contributed by atoms with Gasteiger partial charge in [-0.05, 0) is 31.2 Å². The summed E-state index contributed by atoms with van der Waals surface area (Å²) in [7, 11) is 3.27. The minimum atomic E-state index is 0.664. The maximum atomic E-state index is 5.89. The standard InChI is InChI=1S/C14H16N2O2/c1-9-13(15)6-10(8-16-9)12-7-11(17-2)4-5-14(12)18-3/h4-8H,15H2,1-3H3. The van der Waals surface area contributed by atoms with Crippen LogP contribution in [0, 0.1) is 6.92 Å². The Morgan fingerprint density at radius 2 is 1.89 bits per heavy atom. The highest BCUT2D eigenvalue weighted by Gasteiger charge is 2.09. The Balaban J connectivity index is 2.57. The van der Waals surface area contributed by atoms with Crippen molar-refractivity contribution >= 4 is 5.69 Å². The minimum Gasteiger partial charge on any atom is -0.497 e. The molecule has 2 rings (SSSR count). The second kappa shape index (κ2) is 4.96. The third kappa shape index (κ3) is 2.22. The first-order valence-electron chi connectivity index (χ1n) is 5.60. The van der Waals surface area contributed by atoms with Crippen LogP contribution in [0.2, 0.25) is 0 Å². The number of ether oxygens (including phenoxy) is 2. The van der Waals surface area contributed by atoms with E-state index in [4.69, 9.17) is 15.2 Å². The molecular formula is C14H16N2O2. The van der Waals surface area contributed by atoms with E-state index in [1.54, 1.807) is 20.4 Å². The molecule has 2 N–H and O–H groups in total. The normalized spacial score (nSPS) is 10.2. The van der Waals surface area contributed by atoms with Crippen molar-refractivity contribution in [3.05, 3.63) is 36.2 Å². The molecule has 1 aromatic heterocycles. The summed E-state index contributed by atoms with van der Waals surface area (Å²) in [6.07, 6.45) is 1.78. The third-order valence-electron chi connectivity index (χ3n) is 2.84. The molecule has 0 saturated carbocycles. The van der Waals surface area contributed by atoms with Gasteiger partial charge in [0.1, 0.15) is 11.5 Å². The number of aryl methyl sites for hydroxylation is 1. The number of hydrogen-bond donors (Lipinski definition) is 1. The van der Waals surface area contributed by atoms with Gasteiger partial charge >= 0.3 is 0 Å². The molecule has 18 heavy (non-hydrogen) atoms. The lowest BCUT2D eigenvalue weighted by Crippen LogP contribution is -1.95. The van der Waals surface area contributed by atoms with Crippen LogP contribution in [0.25, 0.3) is 11.1 Å². The molecule has 0 saturated heterocycles. The predicted octanol–water partition coefficient (Wildman–Crippen LogP) is 2.66. The fourth-order valence-electron chi connectivity index (χ4n) is 1.74. The highest BCUT2D eigenvalue weighted by atomic mass is 16.5. The lowest BCUT2D eigenvalue weighted by Gasteiger charge is -2.11. The van der Waals surface area contributed by atoms with Gasteiger partial charge in [0.05, 0.1) is 25.6 Å². The molecule has 94 valence electrons. The van der Waals surface area contributed by atoms with Crippen LogP contribution in [-0.4, -0.2) is 19.2 Å². The van der Waals surface area contributed by atoms with Gasteiger partial charge in [0.15, 0.2) is 0 Å². The van der Waals surface area contributed by atoms with Crippen molar-refractivity contribution in [2.75, 3.05) is 20.0 Å². The number of rotatable bonds is 3. The summed E-state index contributed by atoms with van der Waals surface area (Å²) in [5.74, 6) is 1.53. The number of benzene rings is 1. The maximum absolute atomic E-state index is 5.89. The zero-order valence-electron chi connectivity index (χ0n) is 10.7. The van der Waals surface area contributed by atoms with Crippen molar-refractivity contribution in [3.63, 3.8) is 0 Å². The molecule has 0 aliphatic heterocycles. The van der Waals surface area contributed by atoms with E-state index in [1.807, 2.05) is 31.2 Å². The van der Waals surface area contributed by atoms with Crippen LogP contribution in [0.5, 0.6) is 11.5 Å². The van der Waals surface area contributed by atoms with Gasteiger partial charge in [0.2, 0.25) is 0 Å². The highest BCUT2D eigenvalue weighted by molar-refractivity contribution is 5.74. The maximum Gasteiger partial charge on any atom is 0.127 e.